The van der Waals surface area contributed by atoms with Crippen molar-refractivity contribution in [1.29, 1.82) is 0 Å². The summed E-state index contributed by atoms with van der Waals surface area (Å²) in [6, 6.07) is 6.12. The summed E-state index contributed by atoms with van der Waals surface area (Å²) in [4.78, 5) is 11.3. The van der Waals surface area contributed by atoms with E-state index in [1.54, 1.807) is 6.07 Å². The third-order valence-corrected chi connectivity index (χ3v) is 6.33. The Morgan fingerprint density at radius 2 is 2.00 bits per heavy atom. The molecular weight excluding hydrogens is 262 g/mol. The molecule has 3 aliphatic carbocycles. The summed E-state index contributed by atoms with van der Waals surface area (Å²) in [5.74, 6) is 2.84. The van der Waals surface area contributed by atoms with Crippen molar-refractivity contribution in [3.05, 3.63) is 29.3 Å². The molecular formula is C18H23NO2. The molecule has 2 bridgehead atoms. The summed E-state index contributed by atoms with van der Waals surface area (Å²) in [7, 11) is 0. The smallest absolute Gasteiger partial charge is 0.336 e. The van der Waals surface area contributed by atoms with Gasteiger partial charge in [0, 0.05) is 11.7 Å². The fourth-order valence-corrected chi connectivity index (χ4v) is 5.46. The molecule has 5 atom stereocenters. The first-order valence-electron chi connectivity index (χ1n) is 8.24. The first kappa shape index (κ1) is 13.2. The Morgan fingerprint density at radius 3 is 2.81 bits per heavy atom. The van der Waals surface area contributed by atoms with E-state index in [1.165, 1.54) is 32.1 Å². The summed E-state index contributed by atoms with van der Waals surface area (Å²) in [5, 5.41) is 12.9. The van der Waals surface area contributed by atoms with Crippen molar-refractivity contribution in [1.82, 2.24) is 0 Å². The van der Waals surface area contributed by atoms with Crippen LogP contribution >= 0.6 is 0 Å². The topological polar surface area (TPSA) is 49.3 Å². The predicted octanol–water partition coefficient (Wildman–Crippen LogP) is 3.93. The van der Waals surface area contributed by atoms with Crippen LogP contribution in [0.25, 0.3) is 0 Å². The van der Waals surface area contributed by atoms with Gasteiger partial charge in [0.1, 0.15) is 0 Å². The van der Waals surface area contributed by atoms with Crippen LogP contribution in [-0.4, -0.2) is 17.1 Å². The van der Waals surface area contributed by atoms with Gasteiger partial charge in [-0.15, -0.1) is 0 Å². The molecule has 5 unspecified atom stereocenters. The number of carbonyl (C=O) groups is 1. The minimum Gasteiger partial charge on any atom is -0.478 e. The number of fused-ring (bicyclic) bond motifs is 5. The summed E-state index contributed by atoms with van der Waals surface area (Å²) < 4.78 is 0. The first-order chi connectivity index (χ1) is 10.1. The van der Waals surface area contributed by atoms with E-state index < -0.39 is 5.97 Å². The van der Waals surface area contributed by atoms with Crippen molar-refractivity contribution in [3.63, 3.8) is 0 Å². The molecule has 0 aliphatic heterocycles. The summed E-state index contributed by atoms with van der Waals surface area (Å²) in [6.45, 7) is 1.91. The highest BCUT2D eigenvalue weighted by molar-refractivity contribution is 5.91. The van der Waals surface area contributed by atoms with E-state index in [-0.39, 0.29) is 0 Å². The van der Waals surface area contributed by atoms with Gasteiger partial charge < -0.3 is 10.4 Å². The molecule has 21 heavy (non-hydrogen) atoms. The molecule has 3 nitrogen and oxygen atoms in total. The van der Waals surface area contributed by atoms with E-state index in [2.05, 4.69) is 5.32 Å². The largest absolute Gasteiger partial charge is 0.478 e. The van der Waals surface area contributed by atoms with Crippen molar-refractivity contribution in [2.45, 2.75) is 45.1 Å². The Balaban J connectivity index is 1.55. The molecule has 0 amide bonds. The highest BCUT2D eigenvalue weighted by atomic mass is 16.4. The lowest BCUT2D eigenvalue weighted by Gasteiger charge is -2.33. The zero-order valence-corrected chi connectivity index (χ0v) is 12.5. The molecule has 4 rings (SSSR count). The molecule has 3 heteroatoms. The lowest BCUT2D eigenvalue weighted by atomic mass is 9.79. The molecule has 1 aromatic carbocycles. The molecule has 0 heterocycles. The number of aromatic carboxylic acids is 1. The number of benzene rings is 1. The van der Waals surface area contributed by atoms with E-state index in [1.807, 2.05) is 19.1 Å². The lowest BCUT2D eigenvalue weighted by molar-refractivity contribution is 0.0696. The second kappa shape index (κ2) is 4.75. The van der Waals surface area contributed by atoms with Crippen LogP contribution in [0.15, 0.2) is 18.2 Å². The van der Waals surface area contributed by atoms with Crippen LogP contribution in [-0.2, 0) is 0 Å². The van der Waals surface area contributed by atoms with Gasteiger partial charge in [0.05, 0.1) is 5.56 Å². The van der Waals surface area contributed by atoms with E-state index >= 15 is 0 Å². The summed E-state index contributed by atoms with van der Waals surface area (Å²) in [5.41, 5.74) is 2.31. The Bertz CT molecular complexity index is 583. The Hall–Kier alpha value is -1.51. The zero-order chi connectivity index (χ0) is 14.6. The van der Waals surface area contributed by atoms with Crippen LogP contribution in [0.3, 0.4) is 0 Å². The highest BCUT2D eigenvalue weighted by Gasteiger charge is 2.53. The van der Waals surface area contributed by atoms with Gasteiger partial charge in [-0.1, -0.05) is 12.5 Å². The molecule has 1 aromatic rings. The van der Waals surface area contributed by atoms with Gasteiger partial charge in [0.15, 0.2) is 0 Å². The van der Waals surface area contributed by atoms with Crippen LogP contribution in [0, 0.1) is 30.6 Å². The molecule has 2 N–H and O–H groups in total. The molecule has 0 spiro atoms. The van der Waals surface area contributed by atoms with Crippen LogP contribution in [0.2, 0.25) is 0 Å². The van der Waals surface area contributed by atoms with E-state index in [9.17, 15) is 9.90 Å². The molecule has 3 fully saturated rings. The monoisotopic (exact) mass is 285 g/mol. The molecule has 3 saturated carbocycles. The Labute approximate surface area is 125 Å². The quantitative estimate of drug-likeness (QED) is 0.884. The fraction of sp³-hybridized carbons (Fsp3) is 0.611. The van der Waals surface area contributed by atoms with E-state index in [4.69, 9.17) is 0 Å². The Kier molecular flexibility index (Phi) is 2.98. The van der Waals surface area contributed by atoms with Crippen molar-refractivity contribution in [2.24, 2.45) is 23.7 Å². The maximum atomic E-state index is 11.3. The molecule has 3 aliphatic rings. The van der Waals surface area contributed by atoms with Crippen LogP contribution < -0.4 is 5.32 Å². The number of hydrogen-bond acceptors (Lipinski definition) is 2. The minimum atomic E-state index is -0.833. The number of carboxylic acid groups (broad SMARTS) is 1. The molecule has 0 radical (unpaired) electrons. The normalized spacial score (nSPS) is 36.7. The third-order valence-electron chi connectivity index (χ3n) is 6.33. The molecule has 0 aromatic heterocycles. The number of hydrogen-bond donors (Lipinski definition) is 2. The Morgan fingerprint density at radius 1 is 1.19 bits per heavy atom. The maximum Gasteiger partial charge on any atom is 0.336 e. The average molecular weight is 285 g/mol. The van der Waals surface area contributed by atoms with Gasteiger partial charge in [-0.05, 0) is 74.0 Å². The van der Waals surface area contributed by atoms with Gasteiger partial charge in [-0.25, -0.2) is 4.79 Å². The molecule has 112 valence electrons. The van der Waals surface area contributed by atoms with Gasteiger partial charge in [0.2, 0.25) is 0 Å². The van der Waals surface area contributed by atoms with Crippen LogP contribution in [0.5, 0.6) is 0 Å². The van der Waals surface area contributed by atoms with Crippen molar-refractivity contribution < 1.29 is 9.90 Å². The van der Waals surface area contributed by atoms with Crippen molar-refractivity contribution in [3.8, 4) is 0 Å². The second-order valence-electron chi connectivity index (χ2n) is 7.19. The minimum absolute atomic E-state index is 0.418. The molecule has 0 saturated heterocycles. The van der Waals surface area contributed by atoms with Gasteiger partial charge >= 0.3 is 5.97 Å². The van der Waals surface area contributed by atoms with Crippen molar-refractivity contribution in [2.75, 3.05) is 5.32 Å². The van der Waals surface area contributed by atoms with Crippen LogP contribution in [0.1, 0.15) is 48.0 Å². The summed E-state index contributed by atoms with van der Waals surface area (Å²) in [6.07, 6.45) is 6.96. The van der Waals surface area contributed by atoms with Crippen molar-refractivity contribution >= 4 is 11.7 Å². The van der Waals surface area contributed by atoms with Gasteiger partial charge in [-0.3, -0.25) is 0 Å². The first-order valence-corrected chi connectivity index (χ1v) is 8.24. The zero-order valence-electron chi connectivity index (χ0n) is 12.5. The second-order valence-corrected chi connectivity index (χ2v) is 7.19. The third kappa shape index (κ3) is 1.97. The predicted molar refractivity (Wildman–Crippen MR) is 82.6 cm³/mol. The highest BCUT2D eigenvalue weighted by Crippen LogP contribution is 2.59. The number of anilines is 1. The van der Waals surface area contributed by atoms with Crippen LogP contribution in [0.4, 0.5) is 5.69 Å². The standard InChI is InChI=1S/C18H23NO2/c1-10-12(18(20)21)4-3-7-16(10)19-17-9-11-8-15(17)14-6-2-5-13(11)14/h3-4,7,11,13-15,17,19H,2,5-6,8-9H2,1H3,(H,20,21). The number of rotatable bonds is 3. The average Bonchev–Trinajstić information content (AvgIpc) is 3.12. The van der Waals surface area contributed by atoms with E-state index in [0.29, 0.717) is 11.6 Å². The lowest BCUT2D eigenvalue weighted by Crippen LogP contribution is -2.34. The number of nitrogens with one attached hydrogen (secondary N) is 1. The maximum absolute atomic E-state index is 11.3. The van der Waals surface area contributed by atoms with E-state index in [0.717, 1.165) is 34.9 Å². The summed E-state index contributed by atoms with van der Waals surface area (Å²) >= 11 is 0. The SMILES string of the molecule is Cc1c(NC2CC3CC2C2CCCC32)cccc1C(=O)O. The fourth-order valence-electron chi connectivity index (χ4n) is 5.46. The number of carboxylic acids is 1. The van der Waals surface area contributed by atoms with Gasteiger partial charge in [0.25, 0.3) is 0 Å². The van der Waals surface area contributed by atoms with Gasteiger partial charge in [-0.2, -0.15) is 0 Å².